The average molecular weight is 442 g/mol. The molecule has 1 atom stereocenters. The normalized spacial score (nSPS) is 20.3. The molecule has 1 aliphatic carbocycles. The molecule has 1 saturated carbocycles. The maximum absolute atomic E-state index is 12.8. The van der Waals surface area contributed by atoms with Crippen LogP contribution in [0.15, 0.2) is 23.3 Å². The summed E-state index contributed by atoms with van der Waals surface area (Å²) in [5.74, 6) is -1.22. The summed E-state index contributed by atoms with van der Waals surface area (Å²) in [6.07, 6.45) is 5.09. The van der Waals surface area contributed by atoms with Crippen molar-refractivity contribution >= 4 is 36.4 Å². The van der Waals surface area contributed by atoms with Crippen LogP contribution < -0.4 is 11.1 Å². The molecule has 32 heavy (non-hydrogen) atoms. The van der Waals surface area contributed by atoms with Gasteiger partial charge in [-0.05, 0) is 63.1 Å². The fourth-order valence-electron chi connectivity index (χ4n) is 4.55. The van der Waals surface area contributed by atoms with E-state index in [4.69, 9.17) is 5.73 Å². The van der Waals surface area contributed by atoms with Crippen molar-refractivity contribution in [1.29, 1.82) is 0 Å². The molecule has 1 fully saturated rings. The number of nitrogens with two attached hydrogens (primary N) is 1. The summed E-state index contributed by atoms with van der Waals surface area (Å²) >= 11 is 0. The smallest absolute Gasteiger partial charge is 0.262 e. The van der Waals surface area contributed by atoms with Gasteiger partial charge in [-0.25, -0.2) is 0 Å². The molecular formula is C23H31N5O4. The number of primary amides is 1. The Labute approximate surface area is 188 Å². The Hall–Kier alpha value is -3.23. The minimum atomic E-state index is -1.13. The number of aldehydes is 1. The largest absolute Gasteiger partial charge is 0.385 e. The van der Waals surface area contributed by atoms with Crippen molar-refractivity contribution < 1.29 is 19.2 Å². The third-order valence-corrected chi connectivity index (χ3v) is 6.37. The van der Waals surface area contributed by atoms with Crippen LogP contribution >= 0.6 is 0 Å². The van der Waals surface area contributed by atoms with Gasteiger partial charge in [0.05, 0.1) is 11.1 Å². The van der Waals surface area contributed by atoms with Crippen molar-refractivity contribution in [3.05, 3.63) is 29.3 Å². The molecule has 3 N–H and O–H groups in total. The van der Waals surface area contributed by atoms with Crippen LogP contribution in [0.5, 0.6) is 0 Å². The highest BCUT2D eigenvalue weighted by atomic mass is 16.2. The molecule has 3 rings (SSSR count). The minimum Gasteiger partial charge on any atom is -0.385 e. The Balaban J connectivity index is 1.53. The van der Waals surface area contributed by atoms with Gasteiger partial charge in [0.25, 0.3) is 11.8 Å². The summed E-state index contributed by atoms with van der Waals surface area (Å²) in [5, 5.41) is 9.41. The van der Waals surface area contributed by atoms with Gasteiger partial charge in [0.2, 0.25) is 5.91 Å². The molecule has 2 aliphatic rings. The lowest BCUT2D eigenvalue weighted by molar-refractivity contribution is -0.122. The second kappa shape index (κ2) is 10.4. The third-order valence-electron chi connectivity index (χ3n) is 6.37. The highest BCUT2D eigenvalue weighted by Gasteiger charge is 2.42. The number of rotatable bonds is 13. The van der Waals surface area contributed by atoms with Gasteiger partial charge in [0.1, 0.15) is 12.3 Å². The SMILES string of the molecule is C=NN(CC)C1CC(CCCNc2ccc3c(c2)C(=O)N(C(CCC=O)C(N)=O)C3=O)C1. The van der Waals surface area contributed by atoms with E-state index in [0.717, 1.165) is 49.4 Å². The van der Waals surface area contributed by atoms with Gasteiger partial charge in [-0.2, -0.15) is 5.10 Å². The molecule has 1 heterocycles. The average Bonchev–Trinajstić information content (AvgIpc) is 2.99. The van der Waals surface area contributed by atoms with Crippen LogP contribution in [0.4, 0.5) is 5.69 Å². The van der Waals surface area contributed by atoms with E-state index in [2.05, 4.69) is 24.1 Å². The number of fused-ring (bicyclic) bond motifs is 1. The maximum atomic E-state index is 12.8. The maximum Gasteiger partial charge on any atom is 0.262 e. The van der Waals surface area contributed by atoms with Gasteiger partial charge in [-0.3, -0.25) is 24.3 Å². The number of carbonyl (C=O) groups is 4. The van der Waals surface area contributed by atoms with Gasteiger partial charge < -0.3 is 15.8 Å². The Morgan fingerprint density at radius 1 is 1.34 bits per heavy atom. The Bertz CT molecular complexity index is 896. The number of anilines is 1. The topological polar surface area (TPSA) is 125 Å². The number of hydrogen-bond acceptors (Lipinski definition) is 7. The zero-order valence-electron chi connectivity index (χ0n) is 18.5. The van der Waals surface area contributed by atoms with Gasteiger partial charge in [-0.1, -0.05) is 0 Å². The highest BCUT2D eigenvalue weighted by molar-refractivity contribution is 6.23. The van der Waals surface area contributed by atoms with E-state index in [1.165, 1.54) is 0 Å². The Morgan fingerprint density at radius 2 is 2.06 bits per heavy atom. The monoisotopic (exact) mass is 441 g/mol. The van der Waals surface area contributed by atoms with Crippen molar-refractivity contribution in [2.75, 3.05) is 18.4 Å². The molecule has 0 aromatic heterocycles. The van der Waals surface area contributed by atoms with Crippen LogP contribution in [0.3, 0.4) is 0 Å². The second-order valence-corrected chi connectivity index (χ2v) is 8.36. The molecule has 1 unspecified atom stereocenters. The van der Waals surface area contributed by atoms with Crippen molar-refractivity contribution in [3.63, 3.8) is 0 Å². The van der Waals surface area contributed by atoms with Gasteiger partial charge in [-0.15, -0.1) is 0 Å². The Morgan fingerprint density at radius 3 is 2.69 bits per heavy atom. The van der Waals surface area contributed by atoms with E-state index in [1.807, 2.05) is 5.01 Å². The van der Waals surface area contributed by atoms with Crippen LogP contribution in [0.2, 0.25) is 0 Å². The highest BCUT2D eigenvalue weighted by Crippen LogP contribution is 2.35. The summed E-state index contributed by atoms with van der Waals surface area (Å²) in [5.41, 5.74) is 6.62. The summed E-state index contributed by atoms with van der Waals surface area (Å²) in [4.78, 5) is 48.9. The van der Waals surface area contributed by atoms with E-state index >= 15 is 0 Å². The van der Waals surface area contributed by atoms with Crippen molar-refractivity contribution in [2.24, 2.45) is 16.8 Å². The number of hydrazone groups is 1. The van der Waals surface area contributed by atoms with E-state index < -0.39 is 23.8 Å². The first-order valence-corrected chi connectivity index (χ1v) is 11.1. The van der Waals surface area contributed by atoms with Crippen LogP contribution in [-0.2, 0) is 9.59 Å². The van der Waals surface area contributed by atoms with Crippen LogP contribution in [0.1, 0.15) is 66.2 Å². The zero-order valence-corrected chi connectivity index (χ0v) is 18.5. The van der Waals surface area contributed by atoms with Crippen LogP contribution in [-0.4, -0.2) is 65.8 Å². The molecule has 0 radical (unpaired) electrons. The first-order chi connectivity index (χ1) is 15.4. The third kappa shape index (κ3) is 4.81. The van der Waals surface area contributed by atoms with Crippen LogP contribution in [0.25, 0.3) is 0 Å². The lowest BCUT2D eigenvalue weighted by Gasteiger charge is -2.41. The summed E-state index contributed by atoms with van der Waals surface area (Å²) in [7, 11) is 0. The molecule has 0 spiro atoms. The predicted molar refractivity (Wildman–Crippen MR) is 121 cm³/mol. The quantitative estimate of drug-likeness (QED) is 0.159. The molecular weight excluding hydrogens is 410 g/mol. The second-order valence-electron chi connectivity index (χ2n) is 8.36. The fraction of sp³-hybridized carbons (Fsp3) is 0.522. The van der Waals surface area contributed by atoms with E-state index in [0.29, 0.717) is 18.2 Å². The number of carbonyl (C=O) groups excluding carboxylic acids is 4. The lowest BCUT2D eigenvalue weighted by Crippen LogP contribution is -2.47. The molecule has 1 aliphatic heterocycles. The number of hydrogen-bond donors (Lipinski definition) is 2. The van der Waals surface area contributed by atoms with E-state index in [9.17, 15) is 19.2 Å². The standard InChI is InChI=1S/C23H31N5O4/c1-3-27(25-2)17-12-15(13-17)6-4-10-26-16-8-9-18-19(14-16)23(32)28(22(18)31)20(21(24)30)7-5-11-29/h8-9,11,14-15,17,20,26H,2-7,10,12-13H2,1H3,(H2,24,30). The Kier molecular flexibility index (Phi) is 7.61. The molecule has 1 aromatic carbocycles. The summed E-state index contributed by atoms with van der Waals surface area (Å²) < 4.78 is 0. The number of nitrogens with one attached hydrogen (secondary N) is 1. The predicted octanol–water partition coefficient (Wildman–Crippen LogP) is 2.02. The van der Waals surface area contributed by atoms with Gasteiger partial charge in [0.15, 0.2) is 0 Å². The first-order valence-electron chi connectivity index (χ1n) is 11.1. The lowest BCUT2D eigenvalue weighted by atomic mass is 9.77. The number of imide groups is 1. The molecule has 9 heteroatoms. The molecule has 0 bridgehead atoms. The molecule has 3 amide bonds. The number of amides is 3. The summed E-state index contributed by atoms with van der Waals surface area (Å²) in [6.45, 7) is 7.34. The van der Waals surface area contributed by atoms with E-state index in [1.54, 1.807) is 18.2 Å². The zero-order chi connectivity index (χ0) is 23.3. The van der Waals surface area contributed by atoms with Gasteiger partial charge >= 0.3 is 0 Å². The fourth-order valence-corrected chi connectivity index (χ4v) is 4.55. The van der Waals surface area contributed by atoms with Crippen molar-refractivity contribution in [2.45, 2.75) is 57.5 Å². The first kappa shape index (κ1) is 23.4. The van der Waals surface area contributed by atoms with E-state index in [-0.39, 0.29) is 24.0 Å². The molecule has 9 nitrogen and oxygen atoms in total. The molecule has 1 aromatic rings. The van der Waals surface area contributed by atoms with Crippen LogP contribution in [0, 0.1) is 5.92 Å². The summed E-state index contributed by atoms with van der Waals surface area (Å²) in [6, 6.07) is 4.37. The van der Waals surface area contributed by atoms with Crippen molar-refractivity contribution in [1.82, 2.24) is 9.91 Å². The minimum absolute atomic E-state index is 0.0241. The molecule has 0 saturated heterocycles. The number of benzene rings is 1. The molecule has 172 valence electrons. The van der Waals surface area contributed by atoms with Gasteiger partial charge in [0, 0.05) is 38.0 Å². The number of nitrogens with zero attached hydrogens (tertiary/aromatic N) is 3. The van der Waals surface area contributed by atoms with Crippen molar-refractivity contribution in [3.8, 4) is 0 Å².